The van der Waals surface area contributed by atoms with Gasteiger partial charge in [-0.3, -0.25) is 14.5 Å². The van der Waals surface area contributed by atoms with E-state index in [1.165, 1.54) is 25.3 Å². The molecule has 2 heterocycles. The Labute approximate surface area is 201 Å². The van der Waals surface area contributed by atoms with Gasteiger partial charge in [0.2, 0.25) is 0 Å². The van der Waals surface area contributed by atoms with Crippen LogP contribution in [0.25, 0.3) is 10.9 Å². The molecule has 0 atom stereocenters. The SMILES string of the molecule is COCCCN1C(=O)c2ccc(C(=O)OCc3nc4ccccc4c(C)c3C(=O)OC)cc2C1=O. The number of nitrogens with zero attached hydrogens (tertiary/aromatic N) is 2. The first kappa shape index (κ1) is 24.0. The molecule has 0 spiro atoms. The second-order valence-corrected chi connectivity index (χ2v) is 8.01. The van der Waals surface area contributed by atoms with E-state index >= 15 is 0 Å². The second kappa shape index (κ2) is 10.0. The Kier molecular flexibility index (Phi) is 6.88. The average molecular weight is 476 g/mol. The van der Waals surface area contributed by atoms with Gasteiger partial charge in [-0.05, 0) is 43.2 Å². The smallest absolute Gasteiger partial charge is 0.340 e. The number of aromatic nitrogens is 1. The van der Waals surface area contributed by atoms with E-state index < -0.39 is 23.8 Å². The molecule has 1 aliphatic rings. The maximum absolute atomic E-state index is 12.8. The number of carbonyl (C=O) groups excluding carboxylic acids is 4. The number of carbonyl (C=O) groups is 4. The van der Waals surface area contributed by atoms with Gasteiger partial charge in [-0.1, -0.05) is 18.2 Å². The highest BCUT2D eigenvalue weighted by Crippen LogP contribution is 2.26. The monoisotopic (exact) mass is 476 g/mol. The number of aryl methyl sites for hydroxylation is 1. The van der Waals surface area contributed by atoms with Gasteiger partial charge in [-0.15, -0.1) is 0 Å². The normalized spacial score (nSPS) is 12.7. The van der Waals surface area contributed by atoms with E-state index in [1.54, 1.807) is 20.1 Å². The molecule has 4 rings (SSSR count). The average Bonchev–Trinajstić information content (AvgIpc) is 3.11. The van der Waals surface area contributed by atoms with E-state index in [0.29, 0.717) is 24.1 Å². The van der Waals surface area contributed by atoms with Crippen molar-refractivity contribution in [1.82, 2.24) is 9.88 Å². The Morgan fingerprint density at radius 1 is 0.971 bits per heavy atom. The second-order valence-electron chi connectivity index (χ2n) is 8.01. The van der Waals surface area contributed by atoms with Gasteiger partial charge in [0.05, 0.1) is 40.6 Å². The quantitative estimate of drug-likeness (QED) is 0.277. The largest absolute Gasteiger partial charge is 0.465 e. The molecule has 9 heteroatoms. The topological polar surface area (TPSA) is 112 Å². The molecule has 35 heavy (non-hydrogen) atoms. The molecule has 2 amide bonds. The molecule has 0 unspecified atom stereocenters. The minimum absolute atomic E-state index is 0.112. The van der Waals surface area contributed by atoms with Crippen molar-refractivity contribution in [1.29, 1.82) is 0 Å². The highest BCUT2D eigenvalue weighted by Gasteiger charge is 2.35. The summed E-state index contributed by atoms with van der Waals surface area (Å²) in [5.41, 5.74) is 2.32. The van der Waals surface area contributed by atoms with Crippen LogP contribution < -0.4 is 0 Å². The summed E-state index contributed by atoms with van der Waals surface area (Å²) in [6.45, 7) is 2.15. The van der Waals surface area contributed by atoms with Crippen LogP contribution in [0.15, 0.2) is 42.5 Å². The predicted molar refractivity (Wildman–Crippen MR) is 125 cm³/mol. The number of amides is 2. The molecule has 1 aromatic heterocycles. The Balaban J connectivity index is 1.56. The minimum Gasteiger partial charge on any atom is -0.465 e. The molecule has 0 fully saturated rings. The third-order valence-electron chi connectivity index (χ3n) is 5.89. The molecule has 0 saturated heterocycles. The number of ether oxygens (including phenoxy) is 3. The number of hydrogen-bond acceptors (Lipinski definition) is 8. The van der Waals surface area contributed by atoms with Crippen LogP contribution in [0.2, 0.25) is 0 Å². The molecule has 0 bridgehead atoms. The number of fused-ring (bicyclic) bond motifs is 2. The van der Waals surface area contributed by atoms with Gasteiger partial charge in [-0.2, -0.15) is 0 Å². The lowest BCUT2D eigenvalue weighted by Gasteiger charge is -2.13. The molecule has 0 saturated carbocycles. The van der Waals surface area contributed by atoms with Gasteiger partial charge in [0.15, 0.2) is 0 Å². The lowest BCUT2D eigenvalue weighted by molar-refractivity contribution is 0.0455. The van der Waals surface area contributed by atoms with Crippen LogP contribution in [0.3, 0.4) is 0 Å². The number of hydrogen-bond donors (Lipinski definition) is 0. The molecule has 9 nitrogen and oxygen atoms in total. The van der Waals surface area contributed by atoms with E-state index in [1.807, 2.05) is 18.2 Å². The van der Waals surface area contributed by atoms with Crippen molar-refractivity contribution in [2.45, 2.75) is 20.0 Å². The molecule has 1 aliphatic heterocycles. The number of rotatable bonds is 8. The predicted octanol–water partition coefficient (Wildman–Crippen LogP) is 3.32. The number of para-hydroxylation sites is 1. The minimum atomic E-state index is -0.714. The summed E-state index contributed by atoms with van der Waals surface area (Å²) in [7, 11) is 2.82. The summed E-state index contributed by atoms with van der Waals surface area (Å²) in [5.74, 6) is -2.16. The van der Waals surface area contributed by atoms with Crippen molar-refractivity contribution >= 4 is 34.7 Å². The van der Waals surface area contributed by atoms with E-state index in [-0.39, 0.29) is 41.1 Å². The van der Waals surface area contributed by atoms with Gasteiger partial charge in [0, 0.05) is 25.6 Å². The van der Waals surface area contributed by atoms with Crippen molar-refractivity contribution in [2.75, 3.05) is 27.4 Å². The van der Waals surface area contributed by atoms with Crippen molar-refractivity contribution in [3.05, 3.63) is 76.0 Å². The molecular formula is C26H24N2O7. The maximum atomic E-state index is 12.8. The zero-order valence-corrected chi connectivity index (χ0v) is 19.6. The van der Waals surface area contributed by atoms with E-state index in [9.17, 15) is 19.2 Å². The summed E-state index contributed by atoms with van der Waals surface area (Å²) in [6.07, 6.45) is 0.511. The third kappa shape index (κ3) is 4.50. The maximum Gasteiger partial charge on any atom is 0.340 e. The zero-order chi connectivity index (χ0) is 25.1. The number of methoxy groups -OCH3 is 2. The summed E-state index contributed by atoms with van der Waals surface area (Å²) in [4.78, 5) is 56.2. The van der Waals surface area contributed by atoms with Crippen LogP contribution in [-0.2, 0) is 20.8 Å². The highest BCUT2D eigenvalue weighted by molar-refractivity contribution is 6.22. The van der Waals surface area contributed by atoms with Crippen molar-refractivity contribution in [2.24, 2.45) is 0 Å². The third-order valence-corrected chi connectivity index (χ3v) is 5.89. The Morgan fingerprint density at radius 2 is 1.71 bits per heavy atom. The lowest BCUT2D eigenvalue weighted by atomic mass is 10.0. The first-order chi connectivity index (χ1) is 16.9. The number of esters is 2. The Bertz CT molecular complexity index is 1350. The first-order valence-electron chi connectivity index (χ1n) is 11.0. The van der Waals surface area contributed by atoms with E-state index in [4.69, 9.17) is 14.2 Å². The lowest BCUT2D eigenvalue weighted by Crippen LogP contribution is -2.31. The van der Waals surface area contributed by atoms with E-state index in [2.05, 4.69) is 4.98 Å². The Morgan fingerprint density at radius 3 is 2.46 bits per heavy atom. The molecular weight excluding hydrogens is 452 g/mol. The number of pyridine rings is 1. The van der Waals surface area contributed by atoms with Crippen molar-refractivity contribution < 1.29 is 33.4 Å². The fourth-order valence-electron chi connectivity index (χ4n) is 4.12. The van der Waals surface area contributed by atoms with Gasteiger partial charge in [0.25, 0.3) is 11.8 Å². The zero-order valence-electron chi connectivity index (χ0n) is 19.6. The fourth-order valence-corrected chi connectivity index (χ4v) is 4.12. The Hall–Kier alpha value is -4.11. The van der Waals surface area contributed by atoms with Crippen LogP contribution in [0, 0.1) is 6.92 Å². The van der Waals surface area contributed by atoms with Gasteiger partial charge in [-0.25, -0.2) is 14.6 Å². The molecule has 2 aromatic carbocycles. The summed E-state index contributed by atoms with van der Waals surface area (Å²) in [6, 6.07) is 11.6. The van der Waals surface area contributed by atoms with Crippen molar-refractivity contribution in [3.8, 4) is 0 Å². The van der Waals surface area contributed by atoms with Gasteiger partial charge >= 0.3 is 11.9 Å². The summed E-state index contributed by atoms with van der Waals surface area (Å²) < 4.78 is 15.3. The highest BCUT2D eigenvalue weighted by atomic mass is 16.5. The van der Waals surface area contributed by atoms with E-state index in [0.717, 1.165) is 10.3 Å². The summed E-state index contributed by atoms with van der Waals surface area (Å²) in [5, 5.41) is 0.792. The first-order valence-corrected chi connectivity index (χ1v) is 11.0. The van der Waals surface area contributed by atoms with Crippen molar-refractivity contribution in [3.63, 3.8) is 0 Å². The molecule has 0 N–H and O–H groups in total. The summed E-state index contributed by atoms with van der Waals surface area (Å²) >= 11 is 0. The van der Waals surface area contributed by atoms with Crippen LogP contribution >= 0.6 is 0 Å². The molecule has 0 radical (unpaired) electrons. The van der Waals surface area contributed by atoms with Gasteiger partial charge < -0.3 is 14.2 Å². The molecule has 3 aromatic rings. The van der Waals surface area contributed by atoms with Crippen LogP contribution in [0.5, 0.6) is 0 Å². The molecule has 0 aliphatic carbocycles. The number of benzene rings is 2. The van der Waals surface area contributed by atoms with Crippen LogP contribution in [0.4, 0.5) is 0 Å². The molecule has 180 valence electrons. The van der Waals surface area contributed by atoms with Gasteiger partial charge in [0.1, 0.15) is 6.61 Å². The standard InChI is InChI=1S/C26H24N2O7/c1-15-17-7-4-5-8-20(17)27-21(22(15)26(32)34-3)14-35-25(31)16-9-10-18-19(13-16)24(30)28(23(18)29)11-6-12-33-2/h4-5,7-10,13H,6,11-12,14H2,1-3H3. The fraction of sp³-hybridized carbons (Fsp3) is 0.269. The van der Waals surface area contributed by atoms with Crippen LogP contribution in [0.1, 0.15) is 59.1 Å². The van der Waals surface area contributed by atoms with Crippen LogP contribution in [-0.4, -0.2) is 61.0 Å². The number of imide groups is 1.